The zero-order chi connectivity index (χ0) is 18.7. The zero-order valence-corrected chi connectivity index (χ0v) is 15.1. The lowest BCUT2D eigenvalue weighted by molar-refractivity contribution is 0.0601. The number of hydrogen-bond donors (Lipinski definition) is 0. The van der Waals surface area contributed by atoms with Crippen LogP contribution in [-0.2, 0) is 17.8 Å². The summed E-state index contributed by atoms with van der Waals surface area (Å²) in [6.45, 7) is 2.86. The van der Waals surface area contributed by atoms with Crippen molar-refractivity contribution in [2.75, 3.05) is 7.11 Å². The summed E-state index contributed by atoms with van der Waals surface area (Å²) in [7, 11) is 1.33. The summed E-state index contributed by atoms with van der Waals surface area (Å²) in [5.41, 5.74) is 1.49. The van der Waals surface area contributed by atoms with E-state index in [-0.39, 0.29) is 12.2 Å². The van der Waals surface area contributed by atoms with E-state index in [1.165, 1.54) is 18.4 Å². The number of amides is 1. The number of esters is 1. The number of aromatic nitrogens is 3. The molecule has 0 saturated heterocycles. The number of benzene rings is 1. The van der Waals surface area contributed by atoms with Gasteiger partial charge in [0.15, 0.2) is 10.5 Å². The molecule has 0 spiro atoms. The highest BCUT2D eigenvalue weighted by atomic mass is 32.1. The molecule has 1 amide bonds. The first-order chi connectivity index (χ1) is 12.6. The van der Waals surface area contributed by atoms with Crippen LogP contribution >= 0.6 is 11.3 Å². The van der Waals surface area contributed by atoms with Gasteiger partial charge in [-0.25, -0.2) is 4.79 Å². The molecule has 0 aliphatic rings. The lowest BCUT2D eigenvalue weighted by atomic mass is 10.2. The van der Waals surface area contributed by atoms with Crippen LogP contribution in [0.3, 0.4) is 0 Å². The second kappa shape index (κ2) is 7.37. The molecular formula is C18H16N4O3S. The summed E-state index contributed by atoms with van der Waals surface area (Å²) < 4.78 is 8.95. The number of ether oxygens (including phenoxy) is 1. The van der Waals surface area contributed by atoms with Gasteiger partial charge in [-0.2, -0.15) is 10.1 Å². The van der Waals surface area contributed by atoms with Crippen LogP contribution in [0.2, 0.25) is 0 Å². The third kappa shape index (κ3) is 3.30. The molecule has 0 unspecified atom stereocenters. The van der Waals surface area contributed by atoms with E-state index in [1.54, 1.807) is 39.7 Å². The highest BCUT2D eigenvalue weighted by Crippen LogP contribution is 2.20. The Kier molecular flexibility index (Phi) is 5.00. The molecule has 7 nitrogen and oxygen atoms in total. The maximum absolute atomic E-state index is 12.4. The summed E-state index contributed by atoms with van der Waals surface area (Å²) >= 11 is 1.28. The van der Waals surface area contributed by atoms with Gasteiger partial charge in [-0.15, -0.1) is 6.42 Å². The highest BCUT2D eigenvalue weighted by molar-refractivity contribution is 7.16. The van der Waals surface area contributed by atoms with Crippen LogP contribution in [0.5, 0.6) is 0 Å². The summed E-state index contributed by atoms with van der Waals surface area (Å²) in [5.74, 6) is 1.70. The third-order valence-electron chi connectivity index (χ3n) is 3.73. The Hall–Kier alpha value is -3.18. The number of aryl methyl sites for hydroxylation is 1. The van der Waals surface area contributed by atoms with E-state index in [2.05, 4.69) is 16.0 Å². The topological polar surface area (TPSA) is 78.5 Å². The van der Waals surface area contributed by atoms with Crippen LogP contribution in [0.15, 0.2) is 35.5 Å². The minimum absolute atomic E-state index is 0.257. The number of terminal acetylenes is 1. The number of thiazole rings is 1. The highest BCUT2D eigenvalue weighted by Gasteiger charge is 2.13. The van der Waals surface area contributed by atoms with E-state index < -0.39 is 11.9 Å². The fourth-order valence-corrected chi connectivity index (χ4v) is 3.51. The quantitative estimate of drug-likeness (QED) is 0.522. The van der Waals surface area contributed by atoms with E-state index >= 15 is 0 Å². The first kappa shape index (κ1) is 17.6. The normalized spacial score (nSPS) is 11.5. The molecule has 0 radical (unpaired) electrons. The summed E-state index contributed by atoms with van der Waals surface area (Å²) in [5, 5.41) is 4.17. The average molecular weight is 368 g/mol. The Morgan fingerprint density at radius 3 is 2.85 bits per heavy atom. The monoisotopic (exact) mass is 368 g/mol. The number of carbonyl (C=O) groups is 2. The Balaban J connectivity index is 2.11. The van der Waals surface area contributed by atoms with Gasteiger partial charge < -0.3 is 9.30 Å². The van der Waals surface area contributed by atoms with E-state index in [0.29, 0.717) is 16.9 Å². The van der Waals surface area contributed by atoms with Gasteiger partial charge in [0, 0.05) is 12.7 Å². The third-order valence-corrected chi connectivity index (χ3v) is 4.78. The van der Waals surface area contributed by atoms with Crippen LogP contribution in [0.1, 0.15) is 27.8 Å². The second-order valence-electron chi connectivity index (χ2n) is 5.32. The van der Waals surface area contributed by atoms with Gasteiger partial charge >= 0.3 is 5.97 Å². The molecule has 1 aromatic carbocycles. The molecular weight excluding hydrogens is 352 g/mol. The van der Waals surface area contributed by atoms with Crippen molar-refractivity contribution in [1.29, 1.82) is 0 Å². The number of methoxy groups -OCH3 is 1. The molecule has 26 heavy (non-hydrogen) atoms. The number of rotatable bonds is 4. The predicted molar refractivity (Wildman–Crippen MR) is 97.8 cm³/mol. The molecule has 0 aliphatic heterocycles. The van der Waals surface area contributed by atoms with Crippen LogP contribution < -0.4 is 4.80 Å². The molecule has 2 heterocycles. The molecule has 0 atom stereocenters. The van der Waals surface area contributed by atoms with E-state index in [1.807, 2.05) is 6.92 Å². The predicted octanol–water partition coefficient (Wildman–Crippen LogP) is 2.08. The molecule has 0 bridgehead atoms. The van der Waals surface area contributed by atoms with Gasteiger partial charge in [0.1, 0.15) is 0 Å². The fraction of sp³-hybridized carbons (Fsp3) is 0.222. The Labute approximate surface area is 153 Å². The molecule has 0 saturated carbocycles. The van der Waals surface area contributed by atoms with Crippen molar-refractivity contribution in [3.63, 3.8) is 0 Å². The molecule has 132 valence electrons. The lowest BCUT2D eigenvalue weighted by Crippen LogP contribution is -2.16. The maximum Gasteiger partial charge on any atom is 0.337 e. The summed E-state index contributed by atoms with van der Waals surface area (Å²) in [4.78, 5) is 28.8. The number of fused-ring (bicyclic) bond motifs is 1. The van der Waals surface area contributed by atoms with E-state index in [9.17, 15) is 9.59 Å². The number of carbonyl (C=O) groups excluding carboxylic acids is 2. The Morgan fingerprint density at radius 2 is 2.19 bits per heavy atom. The molecule has 3 aromatic rings. The van der Waals surface area contributed by atoms with Gasteiger partial charge in [-0.05, 0) is 31.2 Å². The van der Waals surface area contributed by atoms with E-state index in [0.717, 1.165) is 10.2 Å². The van der Waals surface area contributed by atoms with Gasteiger partial charge in [-0.1, -0.05) is 17.3 Å². The fourth-order valence-electron chi connectivity index (χ4n) is 2.44. The zero-order valence-electron chi connectivity index (χ0n) is 14.3. The number of nitrogens with zero attached hydrogens (tertiary/aromatic N) is 4. The molecule has 0 fully saturated rings. The standard InChI is InChI=1S/C18H16N4O3S/c1-4-9-22-14-7-6-12(17(24)25-3)11-15(14)26-18(22)19-16(23)13-8-10-21(5-2)20-13/h1,6-8,10-11H,5,9H2,2-3H3. The lowest BCUT2D eigenvalue weighted by Gasteiger charge is -2.01. The maximum atomic E-state index is 12.4. The van der Waals surface area contributed by atoms with Crippen molar-refractivity contribution in [3.8, 4) is 12.3 Å². The minimum Gasteiger partial charge on any atom is -0.465 e. The van der Waals surface area contributed by atoms with Crippen LogP contribution in [0.4, 0.5) is 0 Å². The van der Waals surface area contributed by atoms with Crippen molar-refractivity contribution in [2.45, 2.75) is 20.0 Å². The van der Waals surface area contributed by atoms with Gasteiger partial charge in [0.2, 0.25) is 0 Å². The Morgan fingerprint density at radius 1 is 1.38 bits per heavy atom. The van der Waals surface area contributed by atoms with Crippen LogP contribution in [-0.4, -0.2) is 33.3 Å². The minimum atomic E-state index is -0.442. The van der Waals surface area contributed by atoms with Crippen molar-refractivity contribution in [2.24, 2.45) is 4.99 Å². The molecule has 8 heteroatoms. The molecule has 3 rings (SSSR count). The summed E-state index contributed by atoms with van der Waals surface area (Å²) in [6, 6.07) is 6.75. The average Bonchev–Trinajstić information content (AvgIpc) is 3.26. The SMILES string of the molecule is C#CCn1c(=NC(=O)c2ccn(CC)n2)sc2cc(C(=O)OC)ccc21. The molecule has 2 aromatic heterocycles. The van der Waals surface area contributed by atoms with Crippen LogP contribution in [0.25, 0.3) is 10.2 Å². The first-order valence-corrected chi connectivity index (χ1v) is 8.66. The van der Waals surface area contributed by atoms with Crippen molar-refractivity contribution in [3.05, 3.63) is 46.5 Å². The van der Waals surface area contributed by atoms with Gasteiger partial charge in [0.25, 0.3) is 5.91 Å². The van der Waals surface area contributed by atoms with Crippen molar-refractivity contribution >= 4 is 33.4 Å². The van der Waals surface area contributed by atoms with Gasteiger partial charge in [-0.3, -0.25) is 9.48 Å². The number of hydrogen-bond acceptors (Lipinski definition) is 5. The van der Waals surface area contributed by atoms with Gasteiger partial charge in [0.05, 0.1) is 29.4 Å². The molecule has 0 aliphatic carbocycles. The van der Waals surface area contributed by atoms with Crippen LogP contribution in [0, 0.1) is 12.3 Å². The molecule has 0 N–H and O–H groups in total. The van der Waals surface area contributed by atoms with Crippen molar-refractivity contribution in [1.82, 2.24) is 14.3 Å². The summed E-state index contributed by atoms with van der Waals surface area (Å²) in [6.07, 6.45) is 7.19. The smallest absolute Gasteiger partial charge is 0.337 e. The second-order valence-corrected chi connectivity index (χ2v) is 6.33. The van der Waals surface area contributed by atoms with E-state index in [4.69, 9.17) is 11.2 Å². The Bertz CT molecular complexity index is 1100. The van der Waals surface area contributed by atoms with Crippen molar-refractivity contribution < 1.29 is 14.3 Å². The first-order valence-electron chi connectivity index (χ1n) is 7.85. The largest absolute Gasteiger partial charge is 0.465 e.